The van der Waals surface area contributed by atoms with Crippen LogP contribution in [0, 0.1) is 25.2 Å². The first-order valence-electron chi connectivity index (χ1n) is 22.1. The van der Waals surface area contributed by atoms with E-state index in [1.54, 1.807) is 56.3 Å². The van der Waals surface area contributed by atoms with Gasteiger partial charge in [0.1, 0.15) is 55.4 Å². The van der Waals surface area contributed by atoms with E-state index < -0.39 is 53.7 Å². The number of nitrogens with one attached hydrogen (secondary N) is 4. The van der Waals surface area contributed by atoms with E-state index in [-0.39, 0.29) is 57.8 Å². The van der Waals surface area contributed by atoms with Gasteiger partial charge in [-0.2, -0.15) is 5.26 Å². The molecular weight excluding hydrogens is 843 g/mol. The molecule has 1 aliphatic rings. The molecule has 0 aliphatic carbocycles. The number of rotatable bonds is 18. The number of nitrogens with two attached hydrogens (primary N) is 3. The molecule has 2 aromatic heterocycles. The highest BCUT2D eigenvalue weighted by Crippen LogP contribution is 2.40. The van der Waals surface area contributed by atoms with Gasteiger partial charge in [0, 0.05) is 43.9 Å². The number of carbonyl (C=O) groups excluding carboxylic acids is 5. The summed E-state index contributed by atoms with van der Waals surface area (Å²) in [5.41, 5.74) is 23.3. The van der Waals surface area contributed by atoms with Crippen LogP contribution in [0.2, 0.25) is 0 Å². The van der Waals surface area contributed by atoms with Crippen molar-refractivity contribution in [1.82, 2.24) is 36.1 Å². The summed E-state index contributed by atoms with van der Waals surface area (Å²) in [5, 5.41) is 20.0. The lowest BCUT2D eigenvalue weighted by Gasteiger charge is -2.32. The number of amides is 5. The van der Waals surface area contributed by atoms with Crippen molar-refractivity contribution in [3.8, 4) is 40.1 Å². The second-order valence-electron chi connectivity index (χ2n) is 16.1. The summed E-state index contributed by atoms with van der Waals surface area (Å²) < 4.78 is 12.2. The Kier molecular flexibility index (Phi) is 18.1. The van der Waals surface area contributed by atoms with E-state index >= 15 is 0 Å². The van der Waals surface area contributed by atoms with Crippen molar-refractivity contribution in [2.24, 2.45) is 17.2 Å². The predicted molar refractivity (Wildman–Crippen MR) is 249 cm³/mol. The van der Waals surface area contributed by atoms with E-state index in [9.17, 15) is 29.2 Å². The molecule has 2 aromatic carbocycles. The standard InChI is InChI=1S/C48H61N11O7/c1-6-7-8-31-9-12-36(54-27-31)38-23-28(2)42(29(3)55-38)46(62)57-37(15-16-49)48(64)59(5)43-33-11-14-41(66-22-19-52)35(26-33)34-24-32(10-13-40(34)65-21-18-51)25-39(45(61)53-20-17-50)58-44(60)30(4)56-47(43)63/h9-14,23-24,26-27,30,37,39,43H,6-8,15-16,18-22,25,49,51-52H2,1-5H3,(H,53,61)(H,56,63)(H,57,62)(H,58,60)/t30-,37-,39-,43-/m0/s1. The van der Waals surface area contributed by atoms with Gasteiger partial charge in [-0.1, -0.05) is 31.5 Å². The monoisotopic (exact) mass is 903 g/mol. The molecule has 5 amide bonds. The number of aromatic nitrogens is 2. The third-order valence-corrected chi connectivity index (χ3v) is 11.1. The van der Waals surface area contributed by atoms with Crippen molar-refractivity contribution in [2.75, 3.05) is 46.4 Å². The molecule has 0 saturated heterocycles. The highest BCUT2D eigenvalue weighted by Gasteiger charge is 2.36. The number of carbonyl (C=O) groups is 5. The van der Waals surface area contributed by atoms with Crippen molar-refractivity contribution >= 4 is 29.5 Å². The molecule has 350 valence electrons. The molecule has 1 aliphatic heterocycles. The lowest BCUT2D eigenvalue weighted by atomic mass is 9.93. The summed E-state index contributed by atoms with van der Waals surface area (Å²) in [5.74, 6) is -2.49. The number of aryl methyl sites for hydroxylation is 3. The molecule has 4 aromatic rings. The van der Waals surface area contributed by atoms with Crippen LogP contribution in [0.25, 0.3) is 22.5 Å². The van der Waals surface area contributed by atoms with Gasteiger partial charge in [-0.3, -0.25) is 33.9 Å². The SMILES string of the molecule is CCCCc1ccc(-c2cc(C)c(C(=O)N[C@@H](CCN)C(=O)N(C)[C@@H]3C(=O)N[C@@H](C)C(=O)N[C@H](C(=O)NCC#N)Cc4ccc(OCCN)c(c4)-c4cc3ccc4OCCN)c(C)n2)nc1. The quantitative estimate of drug-likeness (QED) is 0.0707. The number of fused-ring (bicyclic) bond motifs is 5. The Labute approximate surface area is 385 Å². The summed E-state index contributed by atoms with van der Waals surface area (Å²) in [6.45, 7) is 7.47. The van der Waals surface area contributed by atoms with Crippen molar-refractivity contribution < 1.29 is 33.4 Å². The molecule has 3 heterocycles. The van der Waals surface area contributed by atoms with Crippen LogP contribution in [-0.4, -0.2) is 109 Å². The fraction of sp³-hybridized carbons (Fsp3) is 0.417. The average Bonchev–Trinajstić information content (AvgIpc) is 3.30. The largest absolute Gasteiger partial charge is 0.492 e. The van der Waals surface area contributed by atoms with Gasteiger partial charge >= 0.3 is 0 Å². The van der Waals surface area contributed by atoms with E-state index in [0.717, 1.165) is 24.8 Å². The summed E-state index contributed by atoms with van der Waals surface area (Å²) in [4.78, 5) is 81.1. The molecule has 4 atom stereocenters. The van der Waals surface area contributed by atoms with Gasteiger partial charge in [-0.05, 0) is 105 Å². The lowest BCUT2D eigenvalue weighted by molar-refractivity contribution is -0.141. The topological polar surface area (TPSA) is 283 Å². The third kappa shape index (κ3) is 12.4. The molecule has 18 nitrogen and oxygen atoms in total. The molecule has 0 spiro atoms. The van der Waals surface area contributed by atoms with Crippen molar-refractivity contribution in [2.45, 2.75) is 84.0 Å². The fourth-order valence-electron chi connectivity index (χ4n) is 7.77. The maximum atomic E-state index is 14.7. The normalized spacial score (nSPS) is 16.4. The maximum Gasteiger partial charge on any atom is 0.254 e. The zero-order chi connectivity index (χ0) is 47.9. The number of ether oxygens (including phenoxy) is 2. The summed E-state index contributed by atoms with van der Waals surface area (Å²) in [6.07, 6.45) is 4.93. The van der Waals surface area contributed by atoms with Gasteiger partial charge in [0.2, 0.25) is 23.6 Å². The minimum atomic E-state index is -1.40. The first-order valence-corrected chi connectivity index (χ1v) is 22.1. The number of likely N-dealkylation sites (N-methyl/N-ethyl adjacent to an activating group) is 1. The summed E-state index contributed by atoms with van der Waals surface area (Å²) in [7, 11) is 1.42. The Morgan fingerprint density at radius 2 is 1.62 bits per heavy atom. The molecule has 66 heavy (non-hydrogen) atoms. The molecule has 0 radical (unpaired) electrons. The van der Waals surface area contributed by atoms with E-state index in [4.69, 9.17) is 31.7 Å². The molecule has 4 bridgehead atoms. The molecule has 0 saturated carbocycles. The number of unbranched alkanes of at least 4 members (excludes halogenated alkanes) is 1. The number of hydrogen-bond acceptors (Lipinski definition) is 13. The first-order chi connectivity index (χ1) is 31.7. The van der Waals surface area contributed by atoms with Crippen LogP contribution < -0.4 is 47.9 Å². The Bertz CT molecular complexity index is 2400. The number of pyridine rings is 2. The molecule has 0 fully saturated rings. The minimum absolute atomic E-state index is 0.00405. The van der Waals surface area contributed by atoms with Crippen molar-refractivity contribution in [3.63, 3.8) is 0 Å². The minimum Gasteiger partial charge on any atom is -0.492 e. The molecule has 18 heteroatoms. The fourth-order valence-corrected chi connectivity index (χ4v) is 7.77. The van der Waals surface area contributed by atoms with Crippen LogP contribution in [0.4, 0.5) is 0 Å². The van der Waals surface area contributed by atoms with Gasteiger partial charge in [0.15, 0.2) is 0 Å². The zero-order valence-electron chi connectivity index (χ0n) is 38.2. The Morgan fingerprint density at radius 1 is 0.924 bits per heavy atom. The zero-order valence-corrected chi connectivity index (χ0v) is 38.2. The average molecular weight is 904 g/mol. The van der Waals surface area contributed by atoms with Gasteiger partial charge in [-0.25, -0.2) is 0 Å². The Hall–Kier alpha value is -6.94. The summed E-state index contributed by atoms with van der Waals surface area (Å²) >= 11 is 0. The maximum absolute atomic E-state index is 14.7. The molecule has 10 N–H and O–H groups in total. The van der Waals surface area contributed by atoms with Gasteiger partial charge < -0.3 is 52.8 Å². The highest BCUT2D eigenvalue weighted by molar-refractivity contribution is 6.01. The van der Waals surface area contributed by atoms with Crippen LogP contribution in [0.5, 0.6) is 11.5 Å². The van der Waals surface area contributed by atoms with Crippen LogP contribution in [0.3, 0.4) is 0 Å². The van der Waals surface area contributed by atoms with Crippen molar-refractivity contribution in [1.29, 1.82) is 5.26 Å². The molecule has 0 unspecified atom stereocenters. The number of hydrogen-bond donors (Lipinski definition) is 7. The molecule has 5 rings (SSSR count). The predicted octanol–water partition coefficient (Wildman–Crippen LogP) is 2.28. The van der Waals surface area contributed by atoms with E-state index in [0.29, 0.717) is 56.4 Å². The van der Waals surface area contributed by atoms with E-state index in [1.165, 1.54) is 18.9 Å². The Balaban J connectivity index is 1.56. The molecular formula is C48H61N11O7. The van der Waals surface area contributed by atoms with E-state index in [1.807, 2.05) is 24.4 Å². The van der Waals surface area contributed by atoms with Crippen LogP contribution in [0.1, 0.15) is 77.5 Å². The van der Waals surface area contributed by atoms with Gasteiger partial charge in [0.05, 0.1) is 28.7 Å². The highest BCUT2D eigenvalue weighted by atomic mass is 16.5. The first kappa shape index (κ1) is 50.1. The summed E-state index contributed by atoms with van der Waals surface area (Å²) in [6, 6.07) is 12.8. The second kappa shape index (κ2) is 23.8. The smallest absolute Gasteiger partial charge is 0.254 e. The van der Waals surface area contributed by atoms with Gasteiger partial charge in [-0.15, -0.1) is 0 Å². The second-order valence-corrected chi connectivity index (χ2v) is 16.1. The van der Waals surface area contributed by atoms with Gasteiger partial charge in [0.25, 0.3) is 5.91 Å². The third-order valence-electron chi connectivity index (χ3n) is 11.1. The van der Waals surface area contributed by atoms with Crippen LogP contribution >= 0.6 is 0 Å². The number of nitrogens with zero attached hydrogens (tertiary/aromatic N) is 4. The van der Waals surface area contributed by atoms with Crippen molar-refractivity contribution in [3.05, 3.63) is 94.3 Å². The van der Waals surface area contributed by atoms with E-state index in [2.05, 4.69) is 33.2 Å². The van der Waals surface area contributed by atoms with Crippen LogP contribution in [0.15, 0.2) is 60.8 Å². The number of nitriles is 1. The number of benzene rings is 2. The lowest BCUT2D eigenvalue weighted by Crippen LogP contribution is -2.56. The Morgan fingerprint density at radius 3 is 2.24 bits per heavy atom. The van der Waals surface area contributed by atoms with Crippen LogP contribution in [-0.2, 0) is 32.0 Å².